The number of benzene rings is 2. The van der Waals surface area contributed by atoms with E-state index in [9.17, 15) is 0 Å². The third kappa shape index (κ3) is 4.71. The molecule has 0 N–H and O–H groups in total. The first-order chi connectivity index (χ1) is 13.6. The van der Waals surface area contributed by atoms with E-state index < -0.39 is 0 Å². The molecule has 0 saturated carbocycles. The van der Waals surface area contributed by atoms with E-state index >= 15 is 0 Å². The second-order valence-corrected chi connectivity index (χ2v) is 5.64. The van der Waals surface area contributed by atoms with Gasteiger partial charge in [0.25, 0.3) is 0 Å². The Labute approximate surface area is 165 Å². The standard InChI is InChI=1S/C22H26O6/c1-23-17-11-15(12-18(24-2)21(17)27-5)9-7-8-10-16-13-19(25-3)22(28-6)20(14-16)26-4/h7-14H,1-6H3. The Morgan fingerprint density at radius 3 is 0.964 bits per heavy atom. The Morgan fingerprint density at radius 2 is 0.750 bits per heavy atom. The molecule has 0 aliphatic carbocycles. The van der Waals surface area contributed by atoms with Crippen molar-refractivity contribution in [2.24, 2.45) is 0 Å². The van der Waals surface area contributed by atoms with Gasteiger partial charge in [-0.1, -0.05) is 24.3 Å². The van der Waals surface area contributed by atoms with Gasteiger partial charge < -0.3 is 28.4 Å². The minimum atomic E-state index is 0.565. The summed E-state index contributed by atoms with van der Waals surface area (Å²) < 4.78 is 32.2. The summed E-state index contributed by atoms with van der Waals surface area (Å²) >= 11 is 0. The van der Waals surface area contributed by atoms with Crippen molar-refractivity contribution in [3.63, 3.8) is 0 Å². The monoisotopic (exact) mass is 386 g/mol. The maximum Gasteiger partial charge on any atom is 0.203 e. The molecule has 0 heterocycles. The lowest BCUT2D eigenvalue weighted by Crippen LogP contribution is -1.95. The molecule has 0 atom stereocenters. The predicted octanol–water partition coefficient (Wildman–Crippen LogP) is 4.46. The van der Waals surface area contributed by atoms with Crippen LogP contribution in [0.2, 0.25) is 0 Å². The zero-order valence-corrected chi connectivity index (χ0v) is 17.1. The highest BCUT2D eigenvalue weighted by atomic mass is 16.5. The quantitative estimate of drug-likeness (QED) is 0.593. The average Bonchev–Trinajstić information content (AvgIpc) is 2.74. The molecule has 150 valence electrons. The molecule has 0 fully saturated rings. The summed E-state index contributed by atoms with van der Waals surface area (Å²) in [4.78, 5) is 0. The third-order valence-electron chi connectivity index (χ3n) is 4.06. The molecule has 28 heavy (non-hydrogen) atoms. The summed E-state index contributed by atoms with van der Waals surface area (Å²) in [7, 11) is 9.53. The van der Waals surface area contributed by atoms with Gasteiger partial charge in [-0.2, -0.15) is 0 Å². The second-order valence-electron chi connectivity index (χ2n) is 5.64. The molecular formula is C22H26O6. The molecule has 2 aromatic rings. The molecular weight excluding hydrogens is 360 g/mol. The lowest BCUT2D eigenvalue weighted by atomic mass is 10.1. The lowest BCUT2D eigenvalue weighted by molar-refractivity contribution is 0.324. The predicted molar refractivity (Wildman–Crippen MR) is 110 cm³/mol. The molecule has 2 aromatic carbocycles. The number of hydrogen-bond donors (Lipinski definition) is 0. The molecule has 0 spiro atoms. The summed E-state index contributed by atoms with van der Waals surface area (Å²) in [5.41, 5.74) is 1.84. The summed E-state index contributed by atoms with van der Waals surface area (Å²) in [5, 5.41) is 0. The van der Waals surface area contributed by atoms with Crippen molar-refractivity contribution in [2.75, 3.05) is 42.7 Å². The number of hydrogen-bond acceptors (Lipinski definition) is 6. The molecule has 2 rings (SSSR count). The SMILES string of the molecule is COc1cc(C=CC=Cc2cc(OC)c(OC)c(OC)c2)cc(OC)c1OC. The van der Waals surface area contributed by atoms with E-state index in [0.29, 0.717) is 34.5 Å². The van der Waals surface area contributed by atoms with Crippen molar-refractivity contribution in [1.29, 1.82) is 0 Å². The van der Waals surface area contributed by atoms with Crippen LogP contribution in [0, 0.1) is 0 Å². The van der Waals surface area contributed by atoms with Crippen LogP contribution in [-0.2, 0) is 0 Å². The van der Waals surface area contributed by atoms with Gasteiger partial charge in [-0.3, -0.25) is 0 Å². The first-order valence-corrected chi connectivity index (χ1v) is 8.56. The fourth-order valence-corrected chi connectivity index (χ4v) is 2.73. The van der Waals surface area contributed by atoms with E-state index in [1.807, 2.05) is 48.6 Å². The van der Waals surface area contributed by atoms with Crippen LogP contribution in [0.25, 0.3) is 12.2 Å². The first-order valence-electron chi connectivity index (χ1n) is 8.56. The van der Waals surface area contributed by atoms with Crippen molar-refractivity contribution >= 4 is 12.2 Å². The van der Waals surface area contributed by atoms with Crippen LogP contribution < -0.4 is 28.4 Å². The Kier molecular flexibility index (Phi) is 7.63. The van der Waals surface area contributed by atoms with Crippen LogP contribution in [0.5, 0.6) is 34.5 Å². The normalized spacial score (nSPS) is 10.9. The van der Waals surface area contributed by atoms with E-state index in [1.54, 1.807) is 42.7 Å². The van der Waals surface area contributed by atoms with Gasteiger partial charge in [0.15, 0.2) is 23.0 Å². The Balaban J connectivity index is 2.26. The number of rotatable bonds is 9. The minimum absolute atomic E-state index is 0.565. The maximum absolute atomic E-state index is 5.37. The molecule has 0 amide bonds. The highest BCUT2D eigenvalue weighted by Crippen LogP contribution is 2.39. The highest BCUT2D eigenvalue weighted by Gasteiger charge is 2.12. The van der Waals surface area contributed by atoms with Gasteiger partial charge in [0.2, 0.25) is 11.5 Å². The summed E-state index contributed by atoms with van der Waals surface area (Å²) in [5.74, 6) is 3.56. The molecule has 0 aromatic heterocycles. The Hall–Kier alpha value is -3.28. The van der Waals surface area contributed by atoms with E-state index in [-0.39, 0.29) is 0 Å². The number of methoxy groups -OCH3 is 6. The molecule has 0 saturated heterocycles. The van der Waals surface area contributed by atoms with Crippen molar-refractivity contribution in [3.05, 3.63) is 47.5 Å². The molecule has 0 bridgehead atoms. The van der Waals surface area contributed by atoms with Crippen molar-refractivity contribution in [3.8, 4) is 34.5 Å². The van der Waals surface area contributed by atoms with Crippen LogP contribution in [0.15, 0.2) is 36.4 Å². The summed E-state index contributed by atoms with van der Waals surface area (Å²) in [6, 6.07) is 7.52. The van der Waals surface area contributed by atoms with E-state index in [0.717, 1.165) is 11.1 Å². The number of allylic oxidation sites excluding steroid dienone is 2. The van der Waals surface area contributed by atoms with Crippen LogP contribution in [-0.4, -0.2) is 42.7 Å². The summed E-state index contributed by atoms with van der Waals surface area (Å²) in [6.45, 7) is 0. The van der Waals surface area contributed by atoms with Crippen LogP contribution in [0.4, 0.5) is 0 Å². The summed E-state index contributed by atoms with van der Waals surface area (Å²) in [6.07, 6.45) is 7.73. The van der Waals surface area contributed by atoms with Gasteiger partial charge in [-0.15, -0.1) is 0 Å². The molecule has 0 unspecified atom stereocenters. The zero-order chi connectivity index (χ0) is 20.5. The average molecular weight is 386 g/mol. The highest BCUT2D eigenvalue weighted by molar-refractivity contribution is 5.66. The van der Waals surface area contributed by atoms with Gasteiger partial charge in [-0.25, -0.2) is 0 Å². The van der Waals surface area contributed by atoms with Crippen molar-refractivity contribution < 1.29 is 28.4 Å². The second kappa shape index (κ2) is 10.2. The largest absolute Gasteiger partial charge is 0.493 e. The van der Waals surface area contributed by atoms with Gasteiger partial charge in [0, 0.05) is 0 Å². The van der Waals surface area contributed by atoms with Gasteiger partial charge in [-0.05, 0) is 35.4 Å². The van der Waals surface area contributed by atoms with Crippen LogP contribution >= 0.6 is 0 Å². The van der Waals surface area contributed by atoms with Crippen molar-refractivity contribution in [1.82, 2.24) is 0 Å². The lowest BCUT2D eigenvalue weighted by Gasteiger charge is -2.13. The first kappa shape index (κ1) is 21.0. The zero-order valence-electron chi connectivity index (χ0n) is 17.1. The fraction of sp³-hybridized carbons (Fsp3) is 0.273. The van der Waals surface area contributed by atoms with E-state index in [1.165, 1.54) is 0 Å². The van der Waals surface area contributed by atoms with Gasteiger partial charge in [0.05, 0.1) is 42.7 Å². The fourth-order valence-electron chi connectivity index (χ4n) is 2.73. The molecule has 0 aliphatic heterocycles. The topological polar surface area (TPSA) is 55.4 Å². The third-order valence-corrected chi connectivity index (χ3v) is 4.06. The van der Waals surface area contributed by atoms with E-state index in [4.69, 9.17) is 28.4 Å². The molecule has 0 radical (unpaired) electrons. The van der Waals surface area contributed by atoms with Gasteiger partial charge >= 0.3 is 0 Å². The Morgan fingerprint density at radius 1 is 0.464 bits per heavy atom. The molecule has 6 heteroatoms. The Bertz CT molecular complexity index is 733. The van der Waals surface area contributed by atoms with E-state index in [2.05, 4.69) is 0 Å². The number of ether oxygens (including phenoxy) is 6. The van der Waals surface area contributed by atoms with Crippen LogP contribution in [0.3, 0.4) is 0 Å². The molecule has 0 aliphatic rings. The molecule has 6 nitrogen and oxygen atoms in total. The minimum Gasteiger partial charge on any atom is -0.493 e. The van der Waals surface area contributed by atoms with Crippen molar-refractivity contribution in [2.45, 2.75) is 0 Å². The maximum atomic E-state index is 5.37. The van der Waals surface area contributed by atoms with Crippen LogP contribution in [0.1, 0.15) is 11.1 Å². The van der Waals surface area contributed by atoms with Gasteiger partial charge in [0.1, 0.15) is 0 Å². The smallest absolute Gasteiger partial charge is 0.203 e.